The minimum absolute atomic E-state index is 0.268. The molecule has 1 aromatic carbocycles. The monoisotopic (exact) mass is 417 g/mol. The van der Waals surface area contributed by atoms with Crippen LogP contribution in [0.4, 0.5) is 25.1 Å². The average Bonchev–Trinajstić information content (AvgIpc) is 2.89. The minimum Gasteiger partial charge on any atom is -0.355 e. The maximum Gasteiger partial charge on any atom is 0.319 e. The van der Waals surface area contributed by atoms with E-state index in [0.29, 0.717) is 17.8 Å². The van der Waals surface area contributed by atoms with Crippen LogP contribution in [0.25, 0.3) is 0 Å². The number of halogens is 2. The van der Waals surface area contributed by atoms with Crippen molar-refractivity contribution in [3.63, 3.8) is 0 Å². The van der Waals surface area contributed by atoms with Gasteiger partial charge in [0.25, 0.3) is 0 Å². The molecule has 0 aliphatic carbocycles. The van der Waals surface area contributed by atoms with Crippen molar-refractivity contribution in [2.24, 2.45) is 0 Å². The largest absolute Gasteiger partial charge is 0.355 e. The summed E-state index contributed by atoms with van der Waals surface area (Å²) in [6, 6.07) is 7.19. The van der Waals surface area contributed by atoms with Gasteiger partial charge in [-0.2, -0.15) is 0 Å². The molecule has 2 aromatic rings. The lowest BCUT2D eigenvalue weighted by atomic mass is 10.1. The molecule has 2 amide bonds. The van der Waals surface area contributed by atoms with Crippen molar-refractivity contribution in [2.45, 2.75) is 39.3 Å². The van der Waals surface area contributed by atoms with Gasteiger partial charge >= 0.3 is 6.03 Å². The van der Waals surface area contributed by atoms with E-state index in [9.17, 15) is 13.6 Å². The number of amides is 2. The first-order valence-corrected chi connectivity index (χ1v) is 10.2. The normalized spacial score (nSPS) is 15.6. The summed E-state index contributed by atoms with van der Waals surface area (Å²) in [5.74, 6) is -0.221. The van der Waals surface area contributed by atoms with Crippen molar-refractivity contribution in [1.29, 1.82) is 0 Å². The van der Waals surface area contributed by atoms with Gasteiger partial charge in [-0.25, -0.2) is 18.6 Å². The fourth-order valence-electron chi connectivity index (χ4n) is 3.40. The molecule has 2 N–H and O–H groups in total. The molecule has 1 fully saturated rings. The van der Waals surface area contributed by atoms with E-state index in [1.165, 1.54) is 12.1 Å². The third-order valence-corrected chi connectivity index (χ3v) is 4.82. The van der Waals surface area contributed by atoms with Gasteiger partial charge in [-0.1, -0.05) is 6.07 Å². The predicted octanol–water partition coefficient (Wildman–Crippen LogP) is 3.99. The zero-order valence-electron chi connectivity index (χ0n) is 17.7. The van der Waals surface area contributed by atoms with E-state index in [4.69, 9.17) is 0 Å². The molecule has 1 aliphatic rings. The number of rotatable bonds is 4. The standard InChI is InChI=1S/C22H29F2N5O/c1-22(2,3)27-21(30)26-18-7-8-20(25-14-18)29-10-4-9-28(11-12-29)15-16-5-6-17(23)13-19(16)24/h5-8,13-14H,4,9-12,15H2,1-3H3,(H2,26,27,30). The highest BCUT2D eigenvalue weighted by Crippen LogP contribution is 2.18. The van der Waals surface area contributed by atoms with Gasteiger partial charge < -0.3 is 15.5 Å². The average molecular weight is 418 g/mol. The van der Waals surface area contributed by atoms with Crippen molar-refractivity contribution >= 4 is 17.5 Å². The highest BCUT2D eigenvalue weighted by molar-refractivity contribution is 5.89. The first kappa shape index (κ1) is 22.0. The number of carbonyl (C=O) groups is 1. The number of anilines is 2. The van der Waals surface area contributed by atoms with Crippen LogP contribution in [0.1, 0.15) is 32.8 Å². The zero-order chi connectivity index (χ0) is 21.7. The number of hydrogen-bond acceptors (Lipinski definition) is 4. The van der Waals surface area contributed by atoms with Crippen LogP contribution in [-0.4, -0.2) is 47.6 Å². The number of hydrogen-bond donors (Lipinski definition) is 2. The molecule has 1 aromatic heterocycles. The van der Waals surface area contributed by atoms with Gasteiger partial charge in [0.1, 0.15) is 17.5 Å². The molecule has 6 nitrogen and oxygen atoms in total. The Kier molecular flexibility index (Phi) is 6.87. The Morgan fingerprint density at radius 2 is 1.90 bits per heavy atom. The van der Waals surface area contributed by atoms with E-state index >= 15 is 0 Å². The van der Waals surface area contributed by atoms with Crippen molar-refractivity contribution in [3.05, 3.63) is 53.7 Å². The second-order valence-electron chi connectivity index (χ2n) is 8.59. The van der Waals surface area contributed by atoms with Crippen molar-refractivity contribution in [1.82, 2.24) is 15.2 Å². The Morgan fingerprint density at radius 1 is 1.10 bits per heavy atom. The molecule has 2 heterocycles. The van der Waals surface area contributed by atoms with Crippen LogP contribution < -0.4 is 15.5 Å². The van der Waals surface area contributed by atoms with Crippen LogP contribution in [0.2, 0.25) is 0 Å². The van der Waals surface area contributed by atoms with Gasteiger partial charge in [-0.3, -0.25) is 4.90 Å². The van der Waals surface area contributed by atoms with Crippen LogP contribution in [0.15, 0.2) is 36.5 Å². The van der Waals surface area contributed by atoms with Crippen LogP contribution >= 0.6 is 0 Å². The van der Waals surface area contributed by atoms with Gasteiger partial charge in [0.05, 0.1) is 11.9 Å². The first-order valence-electron chi connectivity index (χ1n) is 10.2. The van der Waals surface area contributed by atoms with E-state index in [1.54, 1.807) is 6.20 Å². The molecule has 0 atom stereocenters. The highest BCUT2D eigenvalue weighted by atomic mass is 19.1. The van der Waals surface area contributed by atoms with Gasteiger partial charge in [-0.15, -0.1) is 0 Å². The Bertz CT molecular complexity index is 867. The van der Waals surface area contributed by atoms with Crippen molar-refractivity contribution in [2.75, 3.05) is 36.4 Å². The highest BCUT2D eigenvalue weighted by Gasteiger charge is 2.18. The van der Waals surface area contributed by atoms with E-state index in [2.05, 4.69) is 25.4 Å². The van der Waals surface area contributed by atoms with Crippen molar-refractivity contribution < 1.29 is 13.6 Å². The Hall–Kier alpha value is -2.74. The van der Waals surface area contributed by atoms with E-state index in [-0.39, 0.29) is 11.6 Å². The molecule has 0 saturated carbocycles. The molecule has 1 aliphatic heterocycles. The second kappa shape index (κ2) is 9.38. The van der Waals surface area contributed by atoms with Crippen molar-refractivity contribution in [3.8, 4) is 0 Å². The van der Waals surface area contributed by atoms with Gasteiger partial charge in [0, 0.05) is 49.9 Å². The van der Waals surface area contributed by atoms with Crippen LogP contribution in [0.5, 0.6) is 0 Å². The molecule has 0 bridgehead atoms. The molecule has 3 rings (SSSR count). The third-order valence-electron chi connectivity index (χ3n) is 4.82. The van der Waals surface area contributed by atoms with Gasteiger partial charge in [0.2, 0.25) is 0 Å². The fraction of sp³-hybridized carbons (Fsp3) is 0.455. The SMILES string of the molecule is CC(C)(C)NC(=O)Nc1ccc(N2CCCN(Cc3ccc(F)cc3F)CC2)nc1. The molecular formula is C22H29F2N5O. The molecular weight excluding hydrogens is 388 g/mol. The molecule has 0 unspecified atom stereocenters. The maximum absolute atomic E-state index is 13.9. The molecule has 0 radical (unpaired) electrons. The molecule has 0 spiro atoms. The molecule has 30 heavy (non-hydrogen) atoms. The number of benzene rings is 1. The lowest BCUT2D eigenvalue weighted by Crippen LogP contribution is -2.43. The van der Waals surface area contributed by atoms with Crippen LogP contribution in [0, 0.1) is 11.6 Å². The molecule has 1 saturated heterocycles. The van der Waals surface area contributed by atoms with E-state index < -0.39 is 11.6 Å². The summed E-state index contributed by atoms with van der Waals surface area (Å²) in [7, 11) is 0. The second-order valence-corrected chi connectivity index (χ2v) is 8.59. The topological polar surface area (TPSA) is 60.5 Å². The number of nitrogens with zero attached hydrogens (tertiary/aromatic N) is 3. The Labute approximate surface area is 176 Å². The quantitative estimate of drug-likeness (QED) is 0.790. The summed E-state index contributed by atoms with van der Waals surface area (Å²) in [4.78, 5) is 20.8. The van der Waals surface area contributed by atoms with E-state index in [1.807, 2.05) is 32.9 Å². The predicted molar refractivity (Wildman–Crippen MR) is 115 cm³/mol. The zero-order valence-corrected chi connectivity index (χ0v) is 17.7. The molecule has 8 heteroatoms. The Morgan fingerprint density at radius 3 is 2.57 bits per heavy atom. The Balaban J connectivity index is 1.55. The fourth-order valence-corrected chi connectivity index (χ4v) is 3.40. The summed E-state index contributed by atoms with van der Waals surface area (Å²) in [5, 5.41) is 5.63. The number of carbonyl (C=O) groups excluding carboxylic acids is 1. The number of pyridine rings is 1. The van der Waals surface area contributed by atoms with Gasteiger partial charge in [0.15, 0.2) is 0 Å². The maximum atomic E-state index is 13.9. The summed E-state index contributed by atoms with van der Waals surface area (Å²) in [6.07, 6.45) is 2.56. The number of aromatic nitrogens is 1. The van der Waals surface area contributed by atoms with Gasteiger partial charge in [-0.05, 0) is 45.4 Å². The summed E-state index contributed by atoms with van der Waals surface area (Å²) >= 11 is 0. The minimum atomic E-state index is -0.557. The van der Waals surface area contributed by atoms with E-state index in [0.717, 1.165) is 44.5 Å². The lowest BCUT2D eigenvalue weighted by Gasteiger charge is -2.23. The molecule has 162 valence electrons. The summed E-state index contributed by atoms with van der Waals surface area (Å²) in [5.41, 5.74) is 0.822. The third kappa shape index (κ3) is 6.38. The number of urea groups is 1. The smallest absolute Gasteiger partial charge is 0.319 e. The summed E-state index contributed by atoms with van der Waals surface area (Å²) in [6.45, 7) is 9.40. The lowest BCUT2D eigenvalue weighted by molar-refractivity contribution is 0.244. The van der Waals surface area contributed by atoms with Crippen LogP contribution in [0.3, 0.4) is 0 Å². The first-order chi connectivity index (χ1) is 14.2. The summed E-state index contributed by atoms with van der Waals surface area (Å²) < 4.78 is 27.1. The van der Waals surface area contributed by atoms with Crippen LogP contribution in [-0.2, 0) is 6.54 Å². The number of nitrogens with one attached hydrogen (secondary N) is 2.